The van der Waals surface area contributed by atoms with E-state index in [-0.39, 0.29) is 29.5 Å². The number of rotatable bonds is 7. The van der Waals surface area contributed by atoms with Crippen LogP contribution in [-0.4, -0.2) is 59.4 Å². The van der Waals surface area contributed by atoms with E-state index >= 15 is 0 Å². The van der Waals surface area contributed by atoms with E-state index in [0.29, 0.717) is 11.7 Å². The standard InChI is InChI=1S/C20H31N5O2S/c1-2-6-16-11-21-20(28-16)18-9-17(24-27-18)19(26)23-15-10-22-25(13-15)12-14-7-4-3-5-8-14/h3-5,7-8,15-18,20-22,24H,2,6,9-13H2,1H3,(H,23,26). The number of carbonyl (C=O) groups is 1. The fraction of sp³-hybridized carbons (Fsp3) is 0.650. The zero-order chi connectivity index (χ0) is 19.3. The molecule has 5 unspecified atom stereocenters. The van der Waals surface area contributed by atoms with Crippen molar-refractivity contribution in [1.29, 1.82) is 0 Å². The van der Waals surface area contributed by atoms with Crippen molar-refractivity contribution in [3.05, 3.63) is 35.9 Å². The molecule has 5 atom stereocenters. The van der Waals surface area contributed by atoms with Gasteiger partial charge in [-0.15, -0.1) is 11.8 Å². The molecule has 4 rings (SSSR count). The van der Waals surface area contributed by atoms with Gasteiger partial charge in [-0.1, -0.05) is 43.7 Å². The number of thioether (sulfide) groups is 1. The van der Waals surface area contributed by atoms with Gasteiger partial charge in [0.05, 0.1) is 11.4 Å². The van der Waals surface area contributed by atoms with E-state index in [1.54, 1.807) is 0 Å². The highest BCUT2D eigenvalue weighted by molar-refractivity contribution is 8.00. The average molecular weight is 406 g/mol. The molecule has 0 aromatic heterocycles. The van der Waals surface area contributed by atoms with Crippen LogP contribution in [0.4, 0.5) is 0 Å². The van der Waals surface area contributed by atoms with Gasteiger partial charge in [0.25, 0.3) is 0 Å². The maximum Gasteiger partial charge on any atom is 0.239 e. The molecule has 1 aromatic carbocycles. The molecule has 3 heterocycles. The molecule has 0 saturated carbocycles. The zero-order valence-corrected chi connectivity index (χ0v) is 17.2. The van der Waals surface area contributed by atoms with E-state index in [1.165, 1.54) is 18.4 Å². The number of hydroxylamine groups is 1. The van der Waals surface area contributed by atoms with E-state index in [4.69, 9.17) is 4.84 Å². The molecule has 3 aliphatic heterocycles. The molecule has 154 valence electrons. The minimum atomic E-state index is -0.277. The van der Waals surface area contributed by atoms with E-state index in [0.717, 1.165) is 26.2 Å². The van der Waals surface area contributed by atoms with Crippen LogP contribution in [0.25, 0.3) is 0 Å². The number of hydrogen-bond donors (Lipinski definition) is 4. The number of carbonyl (C=O) groups excluding carboxylic acids is 1. The summed E-state index contributed by atoms with van der Waals surface area (Å²) in [5, 5.41) is 9.80. The predicted molar refractivity (Wildman–Crippen MR) is 111 cm³/mol. The molecule has 3 aliphatic rings. The topological polar surface area (TPSA) is 77.7 Å². The first-order chi connectivity index (χ1) is 13.7. The van der Waals surface area contributed by atoms with Crippen LogP contribution in [0.1, 0.15) is 31.7 Å². The van der Waals surface area contributed by atoms with Crippen molar-refractivity contribution in [3.8, 4) is 0 Å². The van der Waals surface area contributed by atoms with Crippen molar-refractivity contribution in [3.63, 3.8) is 0 Å². The lowest BCUT2D eigenvalue weighted by Crippen LogP contribution is -2.47. The first kappa shape index (κ1) is 20.1. The van der Waals surface area contributed by atoms with Crippen molar-refractivity contribution in [1.82, 2.24) is 26.5 Å². The minimum Gasteiger partial charge on any atom is -0.349 e. The van der Waals surface area contributed by atoms with E-state index in [9.17, 15) is 4.79 Å². The van der Waals surface area contributed by atoms with Gasteiger partial charge in [-0.05, 0) is 12.0 Å². The molecule has 8 heteroatoms. The molecule has 0 bridgehead atoms. The van der Waals surface area contributed by atoms with Crippen LogP contribution in [0.5, 0.6) is 0 Å². The third-order valence-electron chi connectivity index (χ3n) is 5.54. The number of hydrazine groups is 1. The van der Waals surface area contributed by atoms with Gasteiger partial charge in [0.1, 0.15) is 12.1 Å². The first-order valence-electron chi connectivity index (χ1n) is 10.3. The van der Waals surface area contributed by atoms with Gasteiger partial charge in [0.15, 0.2) is 0 Å². The van der Waals surface area contributed by atoms with Crippen molar-refractivity contribution >= 4 is 17.7 Å². The Kier molecular flexibility index (Phi) is 6.87. The Hall–Kier alpha value is -1.16. The second-order valence-corrected chi connectivity index (χ2v) is 9.32. The SMILES string of the molecule is CCCC1CNC(C2CC(C(=O)NC3CNN(Cc4ccccc4)C3)NO2)S1. The van der Waals surface area contributed by atoms with Crippen molar-refractivity contribution in [2.45, 2.75) is 61.5 Å². The summed E-state index contributed by atoms with van der Waals surface area (Å²) in [5.74, 6) is 0.0315. The molecule has 1 aromatic rings. The molecule has 0 radical (unpaired) electrons. The lowest BCUT2D eigenvalue weighted by Gasteiger charge is -2.17. The summed E-state index contributed by atoms with van der Waals surface area (Å²) in [6.07, 6.45) is 3.19. The fourth-order valence-electron chi connectivity index (χ4n) is 4.06. The molecule has 3 fully saturated rings. The maximum atomic E-state index is 12.7. The number of nitrogens with one attached hydrogen (secondary N) is 4. The Morgan fingerprint density at radius 2 is 2.18 bits per heavy atom. The molecule has 3 saturated heterocycles. The van der Waals surface area contributed by atoms with E-state index in [1.807, 2.05) is 17.8 Å². The van der Waals surface area contributed by atoms with Crippen LogP contribution in [0.15, 0.2) is 30.3 Å². The normalized spacial score (nSPS) is 33.4. The predicted octanol–water partition coefficient (Wildman–Crippen LogP) is 0.985. The van der Waals surface area contributed by atoms with Gasteiger partial charge < -0.3 is 10.6 Å². The Balaban J connectivity index is 1.20. The molecule has 4 N–H and O–H groups in total. The molecule has 7 nitrogen and oxygen atoms in total. The highest BCUT2D eigenvalue weighted by Crippen LogP contribution is 2.32. The smallest absolute Gasteiger partial charge is 0.239 e. The third-order valence-corrected chi connectivity index (χ3v) is 7.10. The van der Waals surface area contributed by atoms with Crippen molar-refractivity contribution in [2.75, 3.05) is 19.6 Å². The molecular weight excluding hydrogens is 374 g/mol. The molecule has 0 spiro atoms. The summed E-state index contributed by atoms with van der Waals surface area (Å²) in [5.41, 5.74) is 7.59. The van der Waals surface area contributed by atoms with Gasteiger partial charge in [-0.2, -0.15) is 5.48 Å². The average Bonchev–Trinajstić information content (AvgIpc) is 3.44. The molecular formula is C20H31N5O2S. The molecule has 1 amide bonds. The maximum absolute atomic E-state index is 12.7. The molecule has 0 aliphatic carbocycles. The van der Waals surface area contributed by atoms with Crippen LogP contribution in [0.2, 0.25) is 0 Å². The van der Waals surface area contributed by atoms with Crippen LogP contribution < -0.4 is 21.5 Å². The van der Waals surface area contributed by atoms with Crippen molar-refractivity contribution < 1.29 is 9.63 Å². The minimum absolute atomic E-state index is 0.0315. The van der Waals surface area contributed by atoms with Gasteiger partial charge in [-0.25, -0.2) is 5.01 Å². The number of amides is 1. The van der Waals surface area contributed by atoms with Crippen LogP contribution in [0, 0.1) is 0 Å². The third kappa shape index (κ3) is 5.06. The highest BCUT2D eigenvalue weighted by Gasteiger charge is 2.40. The van der Waals surface area contributed by atoms with Crippen molar-refractivity contribution in [2.24, 2.45) is 0 Å². The Labute approximate surface area is 171 Å². The van der Waals surface area contributed by atoms with Crippen LogP contribution in [0.3, 0.4) is 0 Å². The lowest BCUT2D eigenvalue weighted by molar-refractivity contribution is -0.124. The quantitative estimate of drug-likeness (QED) is 0.539. The largest absolute Gasteiger partial charge is 0.349 e. The second-order valence-electron chi connectivity index (χ2n) is 7.87. The summed E-state index contributed by atoms with van der Waals surface area (Å²) < 4.78 is 0. The summed E-state index contributed by atoms with van der Waals surface area (Å²) in [7, 11) is 0. The highest BCUT2D eigenvalue weighted by atomic mass is 32.2. The number of nitrogens with zero attached hydrogens (tertiary/aromatic N) is 1. The lowest BCUT2D eigenvalue weighted by atomic mass is 10.1. The van der Waals surface area contributed by atoms with Gasteiger partial charge in [0.2, 0.25) is 5.91 Å². The van der Waals surface area contributed by atoms with Gasteiger partial charge in [-0.3, -0.25) is 15.1 Å². The Morgan fingerprint density at radius 3 is 3.00 bits per heavy atom. The van der Waals surface area contributed by atoms with E-state index in [2.05, 4.69) is 57.7 Å². The van der Waals surface area contributed by atoms with Gasteiger partial charge >= 0.3 is 0 Å². The summed E-state index contributed by atoms with van der Waals surface area (Å²) in [6.45, 7) is 5.65. The number of benzene rings is 1. The van der Waals surface area contributed by atoms with E-state index < -0.39 is 0 Å². The Morgan fingerprint density at radius 1 is 1.32 bits per heavy atom. The number of hydrogen-bond acceptors (Lipinski definition) is 7. The summed E-state index contributed by atoms with van der Waals surface area (Å²) in [6, 6.07) is 10.2. The summed E-state index contributed by atoms with van der Waals surface area (Å²) >= 11 is 1.96. The molecule has 28 heavy (non-hydrogen) atoms. The van der Waals surface area contributed by atoms with Crippen LogP contribution in [-0.2, 0) is 16.2 Å². The Bertz CT molecular complexity index is 649. The second kappa shape index (κ2) is 9.56. The zero-order valence-electron chi connectivity index (χ0n) is 16.4. The van der Waals surface area contributed by atoms with Gasteiger partial charge in [0, 0.05) is 37.8 Å². The monoisotopic (exact) mass is 405 g/mol. The fourth-order valence-corrected chi connectivity index (χ4v) is 5.58. The summed E-state index contributed by atoms with van der Waals surface area (Å²) in [4.78, 5) is 18.4. The van der Waals surface area contributed by atoms with Crippen LogP contribution >= 0.6 is 11.8 Å². The first-order valence-corrected chi connectivity index (χ1v) is 11.3.